The number of aryl methyl sites for hydroxylation is 1. The lowest BCUT2D eigenvalue weighted by molar-refractivity contribution is 0.0945. The summed E-state index contributed by atoms with van der Waals surface area (Å²) < 4.78 is 16.8. The van der Waals surface area contributed by atoms with Crippen LogP contribution in [0.4, 0.5) is 4.39 Å². The molecule has 0 aliphatic carbocycles. The maximum absolute atomic E-state index is 13.5. The van der Waals surface area contributed by atoms with Crippen LogP contribution in [0.5, 0.6) is 0 Å². The Morgan fingerprint density at radius 3 is 2.62 bits per heavy atom. The molecule has 0 aliphatic rings. The van der Waals surface area contributed by atoms with Gasteiger partial charge in [-0.2, -0.15) is 0 Å². The smallest absolute Gasteiger partial charge is 0.263 e. The van der Waals surface area contributed by atoms with Gasteiger partial charge in [0.1, 0.15) is 11.4 Å². The van der Waals surface area contributed by atoms with E-state index in [1.54, 1.807) is 25.4 Å². The van der Waals surface area contributed by atoms with Crippen LogP contribution in [-0.2, 0) is 13.5 Å². The van der Waals surface area contributed by atoms with Crippen molar-refractivity contribution >= 4 is 5.91 Å². The van der Waals surface area contributed by atoms with Crippen molar-refractivity contribution in [1.29, 1.82) is 0 Å². The van der Waals surface area contributed by atoms with Gasteiger partial charge < -0.3 is 14.5 Å². The highest BCUT2D eigenvalue weighted by atomic mass is 19.1. The summed E-state index contributed by atoms with van der Waals surface area (Å²) in [6, 6.07) is 13.3. The van der Waals surface area contributed by atoms with Gasteiger partial charge in [-0.05, 0) is 48.4 Å². The molecule has 3 rings (SSSR count). The van der Waals surface area contributed by atoms with E-state index in [-0.39, 0.29) is 23.0 Å². The van der Waals surface area contributed by atoms with Gasteiger partial charge in [-0.25, -0.2) is 4.39 Å². The molecular formula is C20H20FN3O2. The standard InChI is InChI=1S/C20H20FN3O2/c1-23-9-5-8-18(20(23)26)19(25)22-14-17(24-10-2-3-11-24)13-15-6-4-7-16(21)12-15/h2-12,17H,13-14H2,1H3,(H,22,25). The average molecular weight is 353 g/mol. The molecule has 2 aromatic heterocycles. The minimum Gasteiger partial charge on any atom is -0.350 e. The van der Waals surface area contributed by atoms with Crippen LogP contribution >= 0.6 is 0 Å². The number of carbonyl (C=O) groups excluding carboxylic acids is 1. The highest BCUT2D eigenvalue weighted by Crippen LogP contribution is 2.15. The van der Waals surface area contributed by atoms with Crippen molar-refractivity contribution < 1.29 is 9.18 Å². The normalized spacial score (nSPS) is 11.9. The summed E-state index contributed by atoms with van der Waals surface area (Å²) in [5.74, 6) is -0.701. The van der Waals surface area contributed by atoms with Gasteiger partial charge in [0.2, 0.25) is 0 Å². The first-order chi connectivity index (χ1) is 12.5. The molecule has 0 saturated carbocycles. The van der Waals surface area contributed by atoms with Gasteiger partial charge in [-0.15, -0.1) is 0 Å². The first-order valence-electron chi connectivity index (χ1n) is 8.35. The molecule has 1 aromatic carbocycles. The van der Waals surface area contributed by atoms with E-state index >= 15 is 0 Å². The lowest BCUT2D eigenvalue weighted by Gasteiger charge is -2.20. The Morgan fingerprint density at radius 1 is 1.12 bits per heavy atom. The van der Waals surface area contributed by atoms with Crippen molar-refractivity contribution in [3.63, 3.8) is 0 Å². The van der Waals surface area contributed by atoms with Gasteiger partial charge in [0, 0.05) is 32.2 Å². The van der Waals surface area contributed by atoms with Gasteiger partial charge in [0.05, 0.1) is 6.04 Å². The molecule has 0 fully saturated rings. The van der Waals surface area contributed by atoms with Crippen molar-refractivity contribution in [2.75, 3.05) is 6.54 Å². The maximum Gasteiger partial charge on any atom is 0.263 e. The maximum atomic E-state index is 13.5. The van der Waals surface area contributed by atoms with E-state index < -0.39 is 5.91 Å². The van der Waals surface area contributed by atoms with Crippen molar-refractivity contribution in [2.45, 2.75) is 12.5 Å². The zero-order valence-corrected chi connectivity index (χ0v) is 14.4. The Balaban J connectivity index is 1.75. The van der Waals surface area contributed by atoms with Crippen LogP contribution in [0, 0.1) is 5.82 Å². The van der Waals surface area contributed by atoms with Crippen LogP contribution in [0.25, 0.3) is 0 Å². The van der Waals surface area contributed by atoms with Gasteiger partial charge >= 0.3 is 0 Å². The first kappa shape index (κ1) is 17.7. The van der Waals surface area contributed by atoms with Crippen molar-refractivity contribution in [2.24, 2.45) is 7.05 Å². The summed E-state index contributed by atoms with van der Waals surface area (Å²) in [6.45, 7) is 0.322. The quantitative estimate of drug-likeness (QED) is 0.740. The third-order valence-electron chi connectivity index (χ3n) is 4.28. The third kappa shape index (κ3) is 4.08. The lowest BCUT2D eigenvalue weighted by atomic mass is 10.1. The Bertz CT molecular complexity index is 948. The van der Waals surface area contributed by atoms with Crippen LogP contribution in [0.2, 0.25) is 0 Å². The molecule has 0 aliphatic heterocycles. The first-order valence-corrected chi connectivity index (χ1v) is 8.35. The van der Waals surface area contributed by atoms with E-state index in [1.165, 1.54) is 22.8 Å². The summed E-state index contributed by atoms with van der Waals surface area (Å²) in [5.41, 5.74) is 0.605. The number of nitrogens with zero attached hydrogens (tertiary/aromatic N) is 2. The molecule has 6 heteroatoms. The number of hydrogen-bond acceptors (Lipinski definition) is 2. The minimum atomic E-state index is -0.414. The number of aromatic nitrogens is 2. The number of benzene rings is 1. The van der Waals surface area contributed by atoms with Crippen LogP contribution < -0.4 is 10.9 Å². The molecule has 134 valence electrons. The molecule has 3 aromatic rings. The molecule has 0 bridgehead atoms. The van der Waals surface area contributed by atoms with Gasteiger partial charge in [0.15, 0.2) is 0 Å². The second kappa shape index (κ2) is 7.82. The van der Waals surface area contributed by atoms with E-state index in [4.69, 9.17) is 0 Å². The Morgan fingerprint density at radius 2 is 1.88 bits per heavy atom. The number of halogens is 1. The molecule has 1 amide bonds. The Labute approximate surface area is 150 Å². The second-order valence-corrected chi connectivity index (χ2v) is 6.17. The van der Waals surface area contributed by atoms with Gasteiger partial charge in [-0.1, -0.05) is 12.1 Å². The fraction of sp³-hybridized carbons (Fsp3) is 0.200. The van der Waals surface area contributed by atoms with E-state index in [0.29, 0.717) is 13.0 Å². The minimum absolute atomic E-state index is 0.0942. The Kier molecular flexibility index (Phi) is 5.31. The monoisotopic (exact) mass is 353 g/mol. The Hall–Kier alpha value is -3.15. The molecule has 1 atom stereocenters. The van der Waals surface area contributed by atoms with Crippen LogP contribution in [-0.4, -0.2) is 21.6 Å². The average Bonchev–Trinajstić information content (AvgIpc) is 3.15. The molecule has 2 heterocycles. The number of amides is 1. The molecule has 1 N–H and O–H groups in total. The number of pyridine rings is 1. The van der Waals surface area contributed by atoms with E-state index in [1.807, 2.05) is 35.2 Å². The SMILES string of the molecule is Cn1cccc(C(=O)NCC(Cc2cccc(F)c2)n2cccc2)c1=O. The topological polar surface area (TPSA) is 56.0 Å². The number of rotatable bonds is 6. The van der Waals surface area contributed by atoms with E-state index in [9.17, 15) is 14.0 Å². The summed E-state index contributed by atoms with van der Waals surface area (Å²) in [4.78, 5) is 24.5. The van der Waals surface area contributed by atoms with Crippen LogP contribution in [0.1, 0.15) is 22.0 Å². The molecule has 0 spiro atoms. The summed E-state index contributed by atoms with van der Waals surface area (Å²) in [6.07, 6.45) is 5.96. The number of hydrogen-bond donors (Lipinski definition) is 1. The number of nitrogens with one attached hydrogen (secondary N) is 1. The molecule has 0 radical (unpaired) electrons. The van der Waals surface area contributed by atoms with Crippen molar-refractivity contribution in [3.8, 4) is 0 Å². The molecule has 1 unspecified atom stereocenters. The van der Waals surface area contributed by atoms with Crippen LogP contribution in [0.3, 0.4) is 0 Å². The van der Waals surface area contributed by atoms with Crippen LogP contribution in [0.15, 0.2) is 71.9 Å². The predicted octanol–water partition coefficient (Wildman–Crippen LogP) is 2.54. The molecule has 26 heavy (non-hydrogen) atoms. The summed E-state index contributed by atoms with van der Waals surface area (Å²) in [5, 5.41) is 2.82. The highest BCUT2D eigenvalue weighted by molar-refractivity contribution is 5.93. The third-order valence-corrected chi connectivity index (χ3v) is 4.28. The van der Waals surface area contributed by atoms with E-state index in [2.05, 4.69) is 5.32 Å². The zero-order chi connectivity index (χ0) is 18.5. The molecule has 5 nitrogen and oxygen atoms in total. The van der Waals surface area contributed by atoms with E-state index in [0.717, 1.165) is 5.56 Å². The molecular weight excluding hydrogens is 333 g/mol. The molecule has 0 saturated heterocycles. The highest BCUT2D eigenvalue weighted by Gasteiger charge is 2.16. The predicted molar refractivity (Wildman–Crippen MR) is 97.6 cm³/mol. The van der Waals surface area contributed by atoms with Crippen molar-refractivity contribution in [3.05, 3.63) is 94.4 Å². The summed E-state index contributed by atoms with van der Waals surface area (Å²) >= 11 is 0. The summed E-state index contributed by atoms with van der Waals surface area (Å²) in [7, 11) is 1.60. The fourth-order valence-corrected chi connectivity index (χ4v) is 2.89. The second-order valence-electron chi connectivity index (χ2n) is 6.17. The zero-order valence-electron chi connectivity index (χ0n) is 14.4. The largest absolute Gasteiger partial charge is 0.350 e. The fourth-order valence-electron chi connectivity index (χ4n) is 2.89. The lowest BCUT2D eigenvalue weighted by Crippen LogP contribution is -2.35. The van der Waals surface area contributed by atoms with Crippen molar-refractivity contribution in [1.82, 2.24) is 14.5 Å². The van der Waals surface area contributed by atoms with Gasteiger partial charge in [-0.3, -0.25) is 9.59 Å². The number of carbonyl (C=O) groups is 1. The van der Waals surface area contributed by atoms with Gasteiger partial charge in [0.25, 0.3) is 11.5 Å².